The molecule has 5 nitrogen and oxygen atoms in total. The van der Waals surface area contributed by atoms with Gasteiger partial charge >= 0.3 is 6.18 Å². The van der Waals surface area contributed by atoms with E-state index in [1.54, 1.807) is 0 Å². The molecular weight excluding hydrogens is 433 g/mol. The highest BCUT2D eigenvalue weighted by Crippen LogP contribution is 2.36. The Morgan fingerprint density at radius 2 is 1.97 bits per heavy atom. The van der Waals surface area contributed by atoms with Crippen molar-refractivity contribution in [2.75, 3.05) is 13.1 Å². The zero-order valence-corrected chi connectivity index (χ0v) is 18.8. The first-order valence-electron chi connectivity index (χ1n) is 12.0. The second kappa shape index (κ2) is 10.5. The number of halogens is 3. The maximum Gasteiger partial charge on any atom is 0.414 e. The van der Waals surface area contributed by atoms with E-state index in [4.69, 9.17) is 9.52 Å². The van der Waals surface area contributed by atoms with Gasteiger partial charge in [-0.25, -0.2) is 0 Å². The number of carbonyl (C=O) groups excluding carboxylic acids is 1. The first-order valence-corrected chi connectivity index (χ1v) is 12.0. The largest absolute Gasteiger partial charge is 0.464 e. The predicted octanol–water partition coefficient (Wildman–Crippen LogP) is 5.29. The Kier molecular flexibility index (Phi) is 7.64. The van der Waals surface area contributed by atoms with Gasteiger partial charge in [0, 0.05) is 23.2 Å². The summed E-state index contributed by atoms with van der Waals surface area (Å²) in [6, 6.07) is 8.58. The molecule has 2 atom stereocenters. The molecule has 2 fully saturated rings. The maximum absolute atomic E-state index is 12.4. The van der Waals surface area contributed by atoms with Crippen LogP contribution in [0, 0.1) is 5.92 Å². The highest BCUT2D eigenvalue weighted by atomic mass is 19.4. The van der Waals surface area contributed by atoms with Crippen LogP contribution in [0.5, 0.6) is 0 Å². The standard InChI is InChI=1S/C25H33F3N2O3/c26-25(27,28)23(31)15-24(32)29-20-9-7-17(8-10-20)11-13-30-12-2-1-5-21(30)19-14-18-4-3-6-22(18)33-16-19/h3-4,6,14,16-17,20-21,23,31H,1-2,5,7-13,15H2,(H,29,32)/t17?,20?,21?,23-/m1/s1. The summed E-state index contributed by atoms with van der Waals surface area (Å²) >= 11 is 0. The van der Waals surface area contributed by atoms with Crippen molar-refractivity contribution in [2.45, 2.75) is 82.2 Å². The number of aliphatic hydroxyl groups excluding tert-OH is 1. The molecule has 0 aromatic carbocycles. The van der Waals surface area contributed by atoms with Gasteiger partial charge in [-0.3, -0.25) is 9.69 Å². The number of likely N-dealkylation sites (tertiary alicyclic amines) is 1. The highest BCUT2D eigenvalue weighted by molar-refractivity contribution is 5.76. The molecule has 0 bridgehead atoms. The molecule has 0 aromatic heterocycles. The van der Waals surface area contributed by atoms with Crippen molar-refractivity contribution >= 4 is 5.91 Å². The van der Waals surface area contributed by atoms with Crippen LogP contribution in [0.2, 0.25) is 0 Å². The molecule has 0 radical (unpaired) electrons. The molecule has 2 N–H and O–H groups in total. The highest BCUT2D eigenvalue weighted by Gasteiger charge is 2.39. The molecule has 1 unspecified atom stereocenters. The van der Waals surface area contributed by atoms with Gasteiger partial charge in [-0.1, -0.05) is 18.6 Å². The van der Waals surface area contributed by atoms with Crippen LogP contribution in [0.25, 0.3) is 11.3 Å². The van der Waals surface area contributed by atoms with Crippen LogP contribution in [-0.2, 0) is 4.79 Å². The van der Waals surface area contributed by atoms with Gasteiger partial charge in [-0.05, 0) is 76.1 Å². The minimum absolute atomic E-state index is 0.102. The molecular formula is C25H33F3N2O3. The molecule has 33 heavy (non-hydrogen) atoms. The second-order valence-corrected chi connectivity index (χ2v) is 9.61. The lowest BCUT2D eigenvalue weighted by Gasteiger charge is -2.37. The fourth-order valence-corrected chi connectivity index (χ4v) is 5.32. The van der Waals surface area contributed by atoms with Gasteiger partial charge in [0.15, 0.2) is 6.10 Å². The van der Waals surface area contributed by atoms with E-state index in [2.05, 4.69) is 22.3 Å². The third kappa shape index (κ3) is 6.29. The third-order valence-corrected chi connectivity index (χ3v) is 7.24. The summed E-state index contributed by atoms with van der Waals surface area (Å²) < 4.78 is 43.1. The summed E-state index contributed by atoms with van der Waals surface area (Å²) in [4.78, 5) is 14.4. The number of carbonyl (C=O) groups is 1. The van der Waals surface area contributed by atoms with E-state index in [9.17, 15) is 18.0 Å². The second-order valence-electron chi connectivity index (χ2n) is 9.61. The van der Waals surface area contributed by atoms with Crippen LogP contribution in [0.15, 0.2) is 34.9 Å². The molecule has 1 saturated heterocycles. The quantitative estimate of drug-likeness (QED) is 0.582. The first-order chi connectivity index (χ1) is 15.8. The Morgan fingerprint density at radius 1 is 1.18 bits per heavy atom. The Morgan fingerprint density at radius 3 is 2.73 bits per heavy atom. The zero-order chi connectivity index (χ0) is 23.4. The third-order valence-electron chi connectivity index (χ3n) is 7.24. The van der Waals surface area contributed by atoms with Crippen LogP contribution in [0.1, 0.15) is 69.4 Å². The van der Waals surface area contributed by atoms with Crippen molar-refractivity contribution in [3.05, 3.63) is 36.1 Å². The number of amides is 1. The number of aliphatic hydroxyl groups is 1. The van der Waals surface area contributed by atoms with Crippen LogP contribution in [0.3, 0.4) is 0 Å². The van der Waals surface area contributed by atoms with Crippen molar-refractivity contribution in [2.24, 2.45) is 5.92 Å². The van der Waals surface area contributed by atoms with Gasteiger partial charge in [0.05, 0.1) is 12.7 Å². The topological polar surface area (TPSA) is 65.7 Å². The van der Waals surface area contributed by atoms with E-state index in [0.717, 1.165) is 62.9 Å². The lowest BCUT2D eigenvalue weighted by Crippen LogP contribution is -2.41. The van der Waals surface area contributed by atoms with E-state index in [0.29, 0.717) is 12.0 Å². The summed E-state index contributed by atoms with van der Waals surface area (Å²) in [5.41, 5.74) is 2.38. The van der Waals surface area contributed by atoms with Crippen LogP contribution in [0.4, 0.5) is 13.2 Å². The van der Waals surface area contributed by atoms with Crippen LogP contribution in [-0.4, -0.2) is 47.3 Å². The van der Waals surface area contributed by atoms with E-state index in [1.807, 2.05) is 18.4 Å². The summed E-state index contributed by atoms with van der Waals surface area (Å²) in [5, 5.41) is 11.7. The molecule has 2 heterocycles. The Hall–Kier alpha value is -2.06. The van der Waals surface area contributed by atoms with Gasteiger partial charge in [0.2, 0.25) is 5.91 Å². The Bertz CT molecular complexity index is 876. The molecule has 1 saturated carbocycles. The molecule has 1 amide bonds. The fourth-order valence-electron chi connectivity index (χ4n) is 5.32. The predicted molar refractivity (Wildman–Crippen MR) is 119 cm³/mol. The van der Waals surface area contributed by atoms with Crippen molar-refractivity contribution in [3.63, 3.8) is 0 Å². The van der Waals surface area contributed by atoms with Crippen molar-refractivity contribution in [1.82, 2.24) is 10.2 Å². The minimum Gasteiger partial charge on any atom is -0.464 e. The number of alkyl halides is 3. The van der Waals surface area contributed by atoms with Gasteiger partial charge in [0.25, 0.3) is 0 Å². The fraction of sp³-hybridized carbons (Fsp3) is 0.640. The smallest absolute Gasteiger partial charge is 0.414 e. The average Bonchev–Trinajstić information content (AvgIpc) is 3.26. The number of fused-ring (bicyclic) bond motifs is 1. The lowest BCUT2D eigenvalue weighted by molar-refractivity contribution is -0.206. The van der Waals surface area contributed by atoms with E-state index in [-0.39, 0.29) is 6.04 Å². The molecule has 2 aliphatic carbocycles. The summed E-state index contributed by atoms with van der Waals surface area (Å²) in [6.45, 7) is 2.10. The number of hydrogen-bond donors (Lipinski definition) is 2. The molecule has 0 spiro atoms. The van der Waals surface area contributed by atoms with Gasteiger partial charge in [-0.2, -0.15) is 13.2 Å². The van der Waals surface area contributed by atoms with Gasteiger partial charge in [-0.15, -0.1) is 0 Å². The van der Waals surface area contributed by atoms with Crippen LogP contribution >= 0.6 is 0 Å². The van der Waals surface area contributed by atoms with E-state index >= 15 is 0 Å². The number of rotatable bonds is 7. The SMILES string of the molecule is O=C(C[C@@H](O)C(F)(F)F)NC1CCC(CCN2CCCCC2c2coc3cccc-3c2)CC1. The van der Waals surface area contributed by atoms with Gasteiger partial charge in [0.1, 0.15) is 5.76 Å². The normalized spacial score (nSPS) is 25.8. The number of piperidine rings is 1. The molecule has 2 aliphatic heterocycles. The van der Waals surface area contributed by atoms with E-state index < -0.39 is 24.6 Å². The maximum atomic E-state index is 12.4. The van der Waals surface area contributed by atoms with Crippen molar-refractivity contribution < 1.29 is 27.5 Å². The minimum atomic E-state index is -4.76. The number of nitrogens with zero attached hydrogens (tertiary/aromatic N) is 1. The Balaban J connectivity index is 1.23. The summed E-state index contributed by atoms with van der Waals surface area (Å²) in [7, 11) is 0. The zero-order valence-electron chi connectivity index (χ0n) is 18.8. The summed E-state index contributed by atoms with van der Waals surface area (Å²) in [6.07, 6.45) is 1.71. The van der Waals surface area contributed by atoms with E-state index in [1.165, 1.54) is 18.4 Å². The summed E-state index contributed by atoms with van der Waals surface area (Å²) in [5.74, 6) is 0.744. The van der Waals surface area contributed by atoms with Gasteiger partial charge < -0.3 is 14.8 Å². The number of nitrogens with one attached hydrogen (secondary N) is 1. The van der Waals surface area contributed by atoms with Crippen molar-refractivity contribution in [3.8, 4) is 11.3 Å². The molecule has 8 heteroatoms. The average molecular weight is 467 g/mol. The molecule has 0 aromatic rings. The molecule has 182 valence electrons. The molecule has 4 rings (SSSR count). The monoisotopic (exact) mass is 466 g/mol. The lowest BCUT2D eigenvalue weighted by atomic mass is 9.83. The Labute approximate surface area is 192 Å². The molecule has 4 aliphatic rings. The van der Waals surface area contributed by atoms with Crippen molar-refractivity contribution in [1.29, 1.82) is 0 Å². The first kappa shape index (κ1) is 24.1. The van der Waals surface area contributed by atoms with Crippen LogP contribution < -0.4 is 5.32 Å². The number of hydrogen-bond acceptors (Lipinski definition) is 4.